The van der Waals surface area contributed by atoms with Gasteiger partial charge in [-0.25, -0.2) is 13.6 Å². The topological polar surface area (TPSA) is 26.3 Å². The molecule has 0 aromatic heterocycles. The van der Waals surface area contributed by atoms with Crippen molar-refractivity contribution in [3.63, 3.8) is 0 Å². The van der Waals surface area contributed by atoms with Gasteiger partial charge in [-0.05, 0) is 25.0 Å². The van der Waals surface area contributed by atoms with Gasteiger partial charge in [0.25, 0.3) is 0 Å². The summed E-state index contributed by atoms with van der Waals surface area (Å²) in [6.07, 6.45) is 21.8. The highest BCUT2D eigenvalue weighted by atomic mass is 19.1. The number of benzene rings is 1. The van der Waals surface area contributed by atoms with Crippen molar-refractivity contribution in [3.8, 4) is 0 Å². The zero-order valence-electron chi connectivity index (χ0n) is 20.0. The Bertz CT molecular complexity index is 601. The van der Waals surface area contributed by atoms with E-state index in [-0.39, 0.29) is 12.2 Å². The second-order valence-electron chi connectivity index (χ2n) is 8.85. The number of carbonyl (C=O) groups is 1. The van der Waals surface area contributed by atoms with Gasteiger partial charge in [0, 0.05) is 0 Å². The predicted molar refractivity (Wildman–Crippen MR) is 126 cm³/mol. The Kier molecular flexibility index (Phi) is 16.2. The van der Waals surface area contributed by atoms with Crippen molar-refractivity contribution in [1.29, 1.82) is 0 Å². The Morgan fingerprint density at radius 3 is 1.58 bits per heavy atom. The molecule has 0 saturated heterocycles. The molecule has 0 spiro atoms. The van der Waals surface area contributed by atoms with Crippen LogP contribution in [-0.2, 0) is 4.74 Å². The molecule has 0 atom stereocenters. The fourth-order valence-electron chi connectivity index (χ4n) is 3.91. The lowest BCUT2D eigenvalue weighted by Crippen LogP contribution is -2.12. The molecule has 0 saturated carbocycles. The van der Waals surface area contributed by atoms with Crippen molar-refractivity contribution < 1.29 is 18.3 Å². The molecule has 178 valence electrons. The molecule has 2 nitrogen and oxygen atoms in total. The number of carbonyl (C=O) groups excluding carboxylic acids is 1. The van der Waals surface area contributed by atoms with Gasteiger partial charge in [0.05, 0.1) is 6.61 Å². The number of hydrogen-bond donors (Lipinski definition) is 0. The average molecular weight is 439 g/mol. The Morgan fingerprint density at radius 1 is 0.710 bits per heavy atom. The van der Waals surface area contributed by atoms with Gasteiger partial charge in [-0.1, -0.05) is 116 Å². The van der Waals surface area contributed by atoms with Crippen LogP contribution in [0, 0.1) is 18.6 Å². The largest absolute Gasteiger partial charge is 0.462 e. The number of ether oxygens (including phenoxy) is 1. The molecule has 0 fully saturated rings. The van der Waals surface area contributed by atoms with Gasteiger partial charge >= 0.3 is 5.97 Å². The predicted octanol–water partition coefficient (Wildman–Crippen LogP) is 9.08. The number of hydrogen-bond acceptors (Lipinski definition) is 2. The summed E-state index contributed by atoms with van der Waals surface area (Å²) >= 11 is 0. The third-order valence-electron chi connectivity index (χ3n) is 5.97. The molecule has 1 aromatic rings. The molecule has 1 aromatic carbocycles. The Balaban J connectivity index is 1.88. The lowest BCUT2D eigenvalue weighted by atomic mass is 10.0. The molecule has 0 radical (unpaired) electrons. The van der Waals surface area contributed by atoms with Crippen LogP contribution in [-0.4, -0.2) is 12.6 Å². The van der Waals surface area contributed by atoms with E-state index in [2.05, 4.69) is 6.92 Å². The third-order valence-corrected chi connectivity index (χ3v) is 5.97. The zero-order chi connectivity index (χ0) is 22.7. The molecule has 0 unspecified atom stereocenters. The molecule has 0 N–H and O–H groups in total. The lowest BCUT2D eigenvalue weighted by Gasteiger charge is -2.08. The number of esters is 1. The van der Waals surface area contributed by atoms with E-state index >= 15 is 0 Å². The number of aryl methyl sites for hydroxylation is 1. The summed E-state index contributed by atoms with van der Waals surface area (Å²) in [5, 5.41) is 0. The highest BCUT2D eigenvalue weighted by Crippen LogP contribution is 2.18. The first-order chi connectivity index (χ1) is 15.1. The van der Waals surface area contributed by atoms with E-state index in [1.807, 2.05) is 0 Å². The zero-order valence-corrected chi connectivity index (χ0v) is 20.0. The van der Waals surface area contributed by atoms with Gasteiger partial charge in [-0.15, -0.1) is 0 Å². The highest BCUT2D eigenvalue weighted by Gasteiger charge is 2.20. The molecule has 0 aliphatic heterocycles. The maximum absolute atomic E-state index is 13.9. The second-order valence-corrected chi connectivity index (χ2v) is 8.85. The summed E-state index contributed by atoms with van der Waals surface area (Å²) in [5.74, 6) is -2.60. The first-order valence-electron chi connectivity index (χ1n) is 12.7. The maximum atomic E-state index is 13.9. The van der Waals surface area contributed by atoms with Gasteiger partial charge in [0.15, 0.2) is 0 Å². The van der Waals surface area contributed by atoms with Crippen LogP contribution in [0.2, 0.25) is 0 Å². The van der Waals surface area contributed by atoms with Gasteiger partial charge in [0.1, 0.15) is 17.2 Å². The van der Waals surface area contributed by atoms with Crippen molar-refractivity contribution >= 4 is 5.97 Å². The maximum Gasteiger partial charge on any atom is 0.344 e. The lowest BCUT2D eigenvalue weighted by molar-refractivity contribution is 0.0486. The van der Waals surface area contributed by atoms with E-state index < -0.39 is 23.2 Å². The summed E-state index contributed by atoms with van der Waals surface area (Å²) in [7, 11) is 0. The summed E-state index contributed by atoms with van der Waals surface area (Å²) < 4.78 is 32.6. The second kappa shape index (κ2) is 18.2. The van der Waals surface area contributed by atoms with Crippen LogP contribution < -0.4 is 0 Å². The summed E-state index contributed by atoms with van der Waals surface area (Å²) in [5.41, 5.74) is -0.335. The monoisotopic (exact) mass is 438 g/mol. The fourth-order valence-corrected chi connectivity index (χ4v) is 3.91. The minimum Gasteiger partial charge on any atom is -0.462 e. The van der Waals surface area contributed by atoms with Crippen molar-refractivity contribution in [1.82, 2.24) is 0 Å². The summed E-state index contributed by atoms with van der Waals surface area (Å²) in [4.78, 5) is 11.9. The van der Waals surface area contributed by atoms with E-state index in [0.717, 1.165) is 25.3 Å². The Hall–Kier alpha value is -1.45. The van der Waals surface area contributed by atoms with Crippen molar-refractivity contribution in [3.05, 3.63) is 34.9 Å². The average Bonchev–Trinajstić information content (AvgIpc) is 2.75. The molecule has 4 heteroatoms. The van der Waals surface area contributed by atoms with E-state index in [0.29, 0.717) is 0 Å². The van der Waals surface area contributed by atoms with Gasteiger partial charge in [0.2, 0.25) is 0 Å². The molecule has 0 aliphatic rings. The number of unbranched alkanes of at least 4 members (excludes halogenated alkanes) is 16. The third kappa shape index (κ3) is 12.9. The molecule has 0 heterocycles. The quantitative estimate of drug-likeness (QED) is 0.159. The molecule has 0 amide bonds. The summed E-state index contributed by atoms with van der Waals surface area (Å²) in [6.45, 7) is 3.98. The van der Waals surface area contributed by atoms with Crippen LogP contribution in [0.25, 0.3) is 0 Å². The Labute approximate surface area is 189 Å². The van der Waals surface area contributed by atoms with Crippen LogP contribution in [0.5, 0.6) is 0 Å². The van der Waals surface area contributed by atoms with Crippen molar-refractivity contribution in [2.24, 2.45) is 0 Å². The molecule has 0 aliphatic carbocycles. The minimum absolute atomic E-state index is 0.213. The van der Waals surface area contributed by atoms with Crippen molar-refractivity contribution in [2.45, 2.75) is 123 Å². The van der Waals surface area contributed by atoms with Crippen LogP contribution in [0.15, 0.2) is 12.1 Å². The molecular formula is C27H44F2O2. The van der Waals surface area contributed by atoms with Gasteiger partial charge in [-0.2, -0.15) is 0 Å². The molecule has 31 heavy (non-hydrogen) atoms. The van der Waals surface area contributed by atoms with E-state index in [4.69, 9.17) is 4.74 Å². The molecule has 0 bridgehead atoms. The summed E-state index contributed by atoms with van der Waals surface area (Å²) in [6, 6.07) is 2.42. The van der Waals surface area contributed by atoms with Crippen molar-refractivity contribution in [2.75, 3.05) is 6.61 Å². The normalized spacial score (nSPS) is 11.1. The SMILES string of the molecule is CCCCCCCCCCCCCCCCCCCOC(=O)c1c(F)ccc(C)c1F. The molecule has 1 rings (SSSR count). The van der Waals surface area contributed by atoms with Crippen LogP contribution in [0.3, 0.4) is 0 Å². The van der Waals surface area contributed by atoms with Crippen LogP contribution in [0.1, 0.15) is 132 Å². The van der Waals surface area contributed by atoms with Crippen LogP contribution in [0.4, 0.5) is 8.78 Å². The number of rotatable bonds is 19. The standard InChI is InChI=1S/C27H44F2O2/c1-3-4-5-6-7-8-9-10-11-12-13-14-15-16-17-18-19-22-31-27(30)25-24(28)21-20-23(2)26(25)29/h20-21H,3-19,22H2,1-2H3. The Morgan fingerprint density at radius 2 is 1.13 bits per heavy atom. The number of halogens is 2. The van der Waals surface area contributed by atoms with E-state index in [1.54, 1.807) is 0 Å². The smallest absolute Gasteiger partial charge is 0.344 e. The first-order valence-corrected chi connectivity index (χ1v) is 12.7. The molecular weight excluding hydrogens is 394 g/mol. The van der Waals surface area contributed by atoms with E-state index in [1.165, 1.54) is 103 Å². The first kappa shape index (κ1) is 27.6. The van der Waals surface area contributed by atoms with Gasteiger partial charge < -0.3 is 4.74 Å². The van der Waals surface area contributed by atoms with Gasteiger partial charge in [-0.3, -0.25) is 0 Å². The minimum atomic E-state index is -0.907. The fraction of sp³-hybridized carbons (Fsp3) is 0.741. The highest BCUT2D eigenvalue weighted by molar-refractivity contribution is 5.90. The van der Waals surface area contributed by atoms with E-state index in [9.17, 15) is 13.6 Å². The van der Waals surface area contributed by atoms with Crippen LogP contribution >= 0.6 is 0 Å².